The van der Waals surface area contributed by atoms with Crippen molar-refractivity contribution < 1.29 is 4.79 Å². The van der Waals surface area contributed by atoms with Crippen molar-refractivity contribution in [3.63, 3.8) is 0 Å². The van der Waals surface area contributed by atoms with E-state index in [-0.39, 0.29) is 11.9 Å². The molecule has 0 aliphatic carbocycles. The van der Waals surface area contributed by atoms with Crippen LogP contribution in [-0.2, 0) is 11.3 Å². The molecule has 0 aromatic carbocycles. The molecule has 1 atom stereocenters. The van der Waals surface area contributed by atoms with Crippen LogP contribution in [0.5, 0.6) is 0 Å². The lowest BCUT2D eigenvalue weighted by Gasteiger charge is -2.22. The van der Waals surface area contributed by atoms with E-state index in [4.69, 9.17) is 0 Å². The Morgan fingerprint density at radius 2 is 1.82 bits per heavy atom. The summed E-state index contributed by atoms with van der Waals surface area (Å²) < 4.78 is 0. The predicted molar refractivity (Wildman–Crippen MR) is 66.2 cm³/mol. The molecule has 1 N–H and O–H groups in total. The highest BCUT2D eigenvalue weighted by atomic mass is 16.1. The third-order valence-electron chi connectivity index (χ3n) is 2.57. The highest BCUT2D eigenvalue weighted by Crippen LogP contribution is 2.06. The van der Waals surface area contributed by atoms with Crippen LogP contribution in [0.3, 0.4) is 0 Å². The van der Waals surface area contributed by atoms with Crippen LogP contribution >= 0.6 is 0 Å². The summed E-state index contributed by atoms with van der Waals surface area (Å²) in [4.78, 5) is 13.3. The summed E-state index contributed by atoms with van der Waals surface area (Å²) in [6.45, 7) is 8.88. The van der Waals surface area contributed by atoms with Gasteiger partial charge in [0.1, 0.15) is 0 Å². The lowest BCUT2D eigenvalue weighted by atomic mass is 10.0. The third-order valence-corrected chi connectivity index (χ3v) is 2.57. The minimum absolute atomic E-state index is 0.0775. The van der Waals surface area contributed by atoms with Gasteiger partial charge in [-0.15, -0.1) is 0 Å². The number of carbonyl (C=O) groups excluding carboxylic acids is 1. The molecule has 0 saturated heterocycles. The summed E-state index contributed by atoms with van der Waals surface area (Å²) in [7, 11) is 0. The Morgan fingerprint density at radius 3 is 2.29 bits per heavy atom. The predicted octanol–water partition coefficient (Wildman–Crippen LogP) is 1.46. The van der Waals surface area contributed by atoms with Gasteiger partial charge in [-0.25, -0.2) is 0 Å². The zero-order valence-electron chi connectivity index (χ0n) is 11.1. The molecule has 17 heavy (non-hydrogen) atoms. The van der Waals surface area contributed by atoms with Crippen molar-refractivity contribution in [2.24, 2.45) is 11.8 Å². The van der Waals surface area contributed by atoms with Gasteiger partial charge >= 0.3 is 0 Å². The highest BCUT2D eigenvalue weighted by molar-refractivity contribution is 5.76. The van der Waals surface area contributed by atoms with Gasteiger partial charge in [0.2, 0.25) is 5.91 Å². The summed E-state index contributed by atoms with van der Waals surface area (Å²) in [5.41, 5.74) is 0. The molecule has 5 nitrogen and oxygen atoms in total. The normalized spacial score (nSPS) is 13.1. The number of aromatic nitrogens is 3. The molecule has 0 bridgehead atoms. The second-order valence-electron chi connectivity index (χ2n) is 5.10. The van der Waals surface area contributed by atoms with Crippen molar-refractivity contribution >= 4 is 5.91 Å². The van der Waals surface area contributed by atoms with E-state index < -0.39 is 0 Å². The average molecular weight is 238 g/mol. The second-order valence-corrected chi connectivity index (χ2v) is 5.10. The number of hydrogen-bond acceptors (Lipinski definition) is 3. The lowest BCUT2D eigenvalue weighted by Crippen LogP contribution is -2.42. The number of nitrogens with zero attached hydrogens (tertiary/aromatic N) is 3. The first-order valence-corrected chi connectivity index (χ1v) is 6.12. The Kier molecular flexibility index (Phi) is 5.12. The maximum Gasteiger partial charge on any atom is 0.220 e. The van der Waals surface area contributed by atoms with Gasteiger partial charge in [-0.05, 0) is 11.8 Å². The Balaban J connectivity index is 2.52. The molecule has 1 aromatic rings. The fraction of sp³-hybridized carbons (Fsp3) is 0.750. The van der Waals surface area contributed by atoms with E-state index in [1.54, 1.807) is 17.2 Å². The number of carbonyl (C=O) groups is 1. The zero-order valence-corrected chi connectivity index (χ0v) is 11.1. The van der Waals surface area contributed by atoms with E-state index >= 15 is 0 Å². The Labute approximate surface area is 103 Å². The standard InChI is InChI=1S/C12H22N4O/c1-9(2)7-12(17)15-11(10(3)4)8-16-13-5-6-14-16/h5-6,9-11H,7-8H2,1-4H3,(H,15,17). The summed E-state index contributed by atoms with van der Waals surface area (Å²) in [5.74, 6) is 0.841. The topological polar surface area (TPSA) is 59.8 Å². The van der Waals surface area contributed by atoms with Gasteiger partial charge in [0.25, 0.3) is 0 Å². The Morgan fingerprint density at radius 1 is 1.24 bits per heavy atom. The van der Waals surface area contributed by atoms with Crippen molar-refractivity contribution in [1.82, 2.24) is 20.3 Å². The van der Waals surface area contributed by atoms with E-state index in [1.807, 2.05) is 13.8 Å². The SMILES string of the molecule is CC(C)CC(=O)NC(Cn1nccn1)C(C)C. The molecule has 0 radical (unpaired) electrons. The first kappa shape index (κ1) is 13.7. The number of amides is 1. The van der Waals surface area contributed by atoms with Crippen LogP contribution in [0, 0.1) is 11.8 Å². The number of rotatable bonds is 6. The molecule has 1 rings (SSSR count). The van der Waals surface area contributed by atoms with Crippen LogP contribution in [0.4, 0.5) is 0 Å². The second kappa shape index (κ2) is 6.37. The monoisotopic (exact) mass is 238 g/mol. The summed E-state index contributed by atoms with van der Waals surface area (Å²) in [6.07, 6.45) is 3.86. The molecule has 1 heterocycles. The summed E-state index contributed by atoms with van der Waals surface area (Å²) >= 11 is 0. The van der Waals surface area contributed by atoms with E-state index in [0.717, 1.165) is 0 Å². The molecule has 5 heteroatoms. The lowest BCUT2D eigenvalue weighted by molar-refractivity contribution is -0.122. The molecule has 0 spiro atoms. The van der Waals surface area contributed by atoms with Gasteiger partial charge in [0, 0.05) is 6.42 Å². The molecule has 1 amide bonds. The molecule has 1 unspecified atom stereocenters. The minimum Gasteiger partial charge on any atom is -0.351 e. The van der Waals surface area contributed by atoms with E-state index in [9.17, 15) is 4.79 Å². The first-order chi connectivity index (χ1) is 7.99. The largest absolute Gasteiger partial charge is 0.351 e. The van der Waals surface area contributed by atoms with Gasteiger partial charge in [0.15, 0.2) is 0 Å². The molecule has 0 saturated carbocycles. The van der Waals surface area contributed by atoms with Crippen molar-refractivity contribution in [2.75, 3.05) is 0 Å². The molecule has 0 aliphatic heterocycles. The van der Waals surface area contributed by atoms with Gasteiger partial charge in [-0.1, -0.05) is 27.7 Å². The molecule has 0 aliphatic rings. The minimum atomic E-state index is 0.0775. The average Bonchev–Trinajstić information content (AvgIpc) is 2.67. The van der Waals surface area contributed by atoms with Crippen LogP contribution in [0.2, 0.25) is 0 Å². The highest BCUT2D eigenvalue weighted by Gasteiger charge is 2.17. The van der Waals surface area contributed by atoms with Gasteiger partial charge in [-0.2, -0.15) is 15.0 Å². The Hall–Kier alpha value is -1.39. The van der Waals surface area contributed by atoms with Crippen molar-refractivity contribution in [3.8, 4) is 0 Å². The number of nitrogens with one attached hydrogen (secondary N) is 1. The fourth-order valence-electron chi connectivity index (χ4n) is 1.57. The first-order valence-electron chi connectivity index (χ1n) is 6.12. The maximum absolute atomic E-state index is 11.7. The van der Waals surface area contributed by atoms with Gasteiger partial charge < -0.3 is 5.32 Å². The van der Waals surface area contributed by atoms with Crippen molar-refractivity contribution in [1.29, 1.82) is 0 Å². The van der Waals surface area contributed by atoms with Crippen LogP contribution in [-0.4, -0.2) is 26.9 Å². The van der Waals surface area contributed by atoms with Crippen molar-refractivity contribution in [2.45, 2.75) is 46.7 Å². The quantitative estimate of drug-likeness (QED) is 0.816. The third kappa shape index (κ3) is 4.97. The maximum atomic E-state index is 11.7. The molecule has 0 fully saturated rings. The van der Waals surface area contributed by atoms with Crippen LogP contribution in [0.25, 0.3) is 0 Å². The molecule has 1 aromatic heterocycles. The smallest absolute Gasteiger partial charge is 0.220 e. The fourth-order valence-corrected chi connectivity index (χ4v) is 1.57. The van der Waals surface area contributed by atoms with Gasteiger partial charge in [-0.3, -0.25) is 4.79 Å². The van der Waals surface area contributed by atoms with E-state index in [0.29, 0.717) is 24.8 Å². The molecule has 96 valence electrons. The molecular formula is C12H22N4O. The van der Waals surface area contributed by atoms with Crippen LogP contribution in [0.1, 0.15) is 34.1 Å². The van der Waals surface area contributed by atoms with Gasteiger partial charge in [0.05, 0.1) is 25.0 Å². The van der Waals surface area contributed by atoms with Crippen LogP contribution < -0.4 is 5.32 Å². The summed E-state index contributed by atoms with van der Waals surface area (Å²) in [6, 6.07) is 0.0775. The van der Waals surface area contributed by atoms with E-state index in [2.05, 4.69) is 29.4 Å². The summed E-state index contributed by atoms with van der Waals surface area (Å²) in [5, 5.41) is 11.2. The van der Waals surface area contributed by atoms with E-state index in [1.165, 1.54) is 0 Å². The number of hydrogen-bond donors (Lipinski definition) is 1. The Bertz CT molecular complexity index is 332. The molecular weight excluding hydrogens is 216 g/mol. The van der Waals surface area contributed by atoms with Crippen molar-refractivity contribution in [3.05, 3.63) is 12.4 Å². The zero-order chi connectivity index (χ0) is 12.8. The van der Waals surface area contributed by atoms with Crippen LogP contribution in [0.15, 0.2) is 12.4 Å².